The lowest BCUT2D eigenvalue weighted by atomic mass is 9.95. The second kappa shape index (κ2) is 9.01. The standard InChI is InChI=1S/C17H35NO2/c1-5-6-7-8-9-14(2)20-15(3)12-17(4,13-19)18-16-10-11-16/h14-16,18-19H,5-13H2,1-4H3. The fourth-order valence-corrected chi connectivity index (χ4v) is 2.90. The molecule has 120 valence electrons. The molecule has 1 aliphatic rings. The van der Waals surface area contributed by atoms with E-state index in [4.69, 9.17) is 4.74 Å². The van der Waals surface area contributed by atoms with Crippen molar-refractivity contribution in [2.45, 2.75) is 103 Å². The number of aliphatic hydroxyl groups excluding tert-OH is 1. The van der Waals surface area contributed by atoms with Gasteiger partial charge in [0, 0.05) is 11.6 Å². The van der Waals surface area contributed by atoms with Crippen LogP contribution in [0.1, 0.15) is 79.1 Å². The van der Waals surface area contributed by atoms with Gasteiger partial charge in [-0.25, -0.2) is 0 Å². The van der Waals surface area contributed by atoms with Gasteiger partial charge in [0.25, 0.3) is 0 Å². The van der Waals surface area contributed by atoms with Gasteiger partial charge in [-0.2, -0.15) is 0 Å². The van der Waals surface area contributed by atoms with Crippen LogP contribution in [0.4, 0.5) is 0 Å². The average Bonchev–Trinajstić information content (AvgIpc) is 3.18. The largest absolute Gasteiger partial charge is 0.394 e. The van der Waals surface area contributed by atoms with Crippen LogP contribution in [0.15, 0.2) is 0 Å². The molecule has 0 aromatic heterocycles. The molecule has 1 saturated carbocycles. The van der Waals surface area contributed by atoms with E-state index in [0.717, 1.165) is 12.8 Å². The Morgan fingerprint density at radius 3 is 2.45 bits per heavy atom. The zero-order valence-electron chi connectivity index (χ0n) is 14.0. The minimum absolute atomic E-state index is 0.183. The van der Waals surface area contributed by atoms with Crippen LogP contribution in [0.5, 0.6) is 0 Å². The molecular formula is C17H35NO2. The fourth-order valence-electron chi connectivity index (χ4n) is 2.90. The zero-order valence-corrected chi connectivity index (χ0v) is 14.0. The molecule has 3 nitrogen and oxygen atoms in total. The summed E-state index contributed by atoms with van der Waals surface area (Å²) < 4.78 is 6.08. The third kappa shape index (κ3) is 7.61. The summed E-state index contributed by atoms with van der Waals surface area (Å²) in [6.07, 6.45) is 10.2. The van der Waals surface area contributed by atoms with Gasteiger partial charge >= 0.3 is 0 Å². The summed E-state index contributed by atoms with van der Waals surface area (Å²) in [6, 6.07) is 0.616. The van der Waals surface area contributed by atoms with E-state index in [-0.39, 0.29) is 18.2 Å². The molecule has 2 N–H and O–H groups in total. The molecule has 1 aliphatic carbocycles. The van der Waals surface area contributed by atoms with E-state index in [9.17, 15) is 5.11 Å². The molecule has 1 fully saturated rings. The minimum Gasteiger partial charge on any atom is -0.394 e. The van der Waals surface area contributed by atoms with Gasteiger partial charge in [0.1, 0.15) is 0 Å². The summed E-state index contributed by atoms with van der Waals surface area (Å²) in [6.45, 7) is 8.84. The first-order chi connectivity index (χ1) is 9.49. The number of hydrogen-bond donors (Lipinski definition) is 2. The molecule has 0 aromatic carbocycles. The molecule has 20 heavy (non-hydrogen) atoms. The van der Waals surface area contributed by atoms with Crippen molar-refractivity contribution in [3.8, 4) is 0 Å². The van der Waals surface area contributed by atoms with Crippen molar-refractivity contribution in [3.63, 3.8) is 0 Å². The lowest BCUT2D eigenvalue weighted by Gasteiger charge is -2.32. The van der Waals surface area contributed by atoms with Gasteiger partial charge in [0.05, 0.1) is 18.8 Å². The van der Waals surface area contributed by atoms with E-state index < -0.39 is 0 Å². The Balaban J connectivity index is 2.20. The smallest absolute Gasteiger partial charge is 0.0611 e. The van der Waals surface area contributed by atoms with Crippen molar-refractivity contribution >= 4 is 0 Å². The van der Waals surface area contributed by atoms with Gasteiger partial charge in [0.2, 0.25) is 0 Å². The van der Waals surface area contributed by atoms with E-state index in [2.05, 4.69) is 33.0 Å². The molecule has 3 unspecified atom stereocenters. The highest BCUT2D eigenvalue weighted by atomic mass is 16.5. The van der Waals surface area contributed by atoms with Crippen LogP contribution in [-0.4, -0.2) is 35.5 Å². The molecule has 0 saturated heterocycles. The second-order valence-electron chi connectivity index (χ2n) is 6.95. The Bertz CT molecular complexity index is 255. The van der Waals surface area contributed by atoms with E-state index in [1.165, 1.54) is 38.5 Å². The second-order valence-corrected chi connectivity index (χ2v) is 6.95. The van der Waals surface area contributed by atoms with Gasteiger partial charge < -0.3 is 15.2 Å². The lowest BCUT2D eigenvalue weighted by Crippen LogP contribution is -2.49. The molecular weight excluding hydrogens is 250 g/mol. The van der Waals surface area contributed by atoms with Crippen molar-refractivity contribution in [1.82, 2.24) is 5.32 Å². The topological polar surface area (TPSA) is 41.5 Å². The van der Waals surface area contributed by atoms with Crippen LogP contribution in [0.25, 0.3) is 0 Å². The zero-order chi connectivity index (χ0) is 15.0. The molecule has 0 radical (unpaired) electrons. The predicted octanol–water partition coefficient (Wildman–Crippen LogP) is 3.64. The number of rotatable bonds is 12. The van der Waals surface area contributed by atoms with E-state index >= 15 is 0 Å². The van der Waals surface area contributed by atoms with Crippen molar-refractivity contribution in [3.05, 3.63) is 0 Å². The van der Waals surface area contributed by atoms with Crippen LogP contribution in [-0.2, 0) is 4.74 Å². The van der Waals surface area contributed by atoms with Crippen molar-refractivity contribution < 1.29 is 9.84 Å². The normalized spacial score (nSPS) is 21.4. The van der Waals surface area contributed by atoms with Gasteiger partial charge in [-0.15, -0.1) is 0 Å². The summed E-state index contributed by atoms with van der Waals surface area (Å²) >= 11 is 0. The van der Waals surface area contributed by atoms with Crippen LogP contribution < -0.4 is 5.32 Å². The molecule has 3 heteroatoms. The van der Waals surface area contributed by atoms with Crippen LogP contribution in [0, 0.1) is 0 Å². The van der Waals surface area contributed by atoms with E-state index in [1.54, 1.807) is 0 Å². The number of hydrogen-bond acceptors (Lipinski definition) is 3. The van der Waals surface area contributed by atoms with Gasteiger partial charge in [-0.1, -0.05) is 32.6 Å². The molecule has 0 aliphatic heterocycles. The SMILES string of the molecule is CCCCCCC(C)OC(C)CC(C)(CO)NC1CC1. The maximum absolute atomic E-state index is 9.63. The molecule has 0 bridgehead atoms. The highest BCUT2D eigenvalue weighted by Gasteiger charge is 2.33. The minimum atomic E-state index is -0.192. The molecule has 0 aromatic rings. The summed E-state index contributed by atoms with van der Waals surface area (Å²) in [7, 11) is 0. The summed E-state index contributed by atoms with van der Waals surface area (Å²) in [5.41, 5.74) is -0.192. The van der Waals surface area contributed by atoms with Crippen LogP contribution in [0.3, 0.4) is 0 Å². The van der Waals surface area contributed by atoms with Gasteiger partial charge in [0.15, 0.2) is 0 Å². The first-order valence-electron chi connectivity index (χ1n) is 8.53. The summed E-state index contributed by atoms with van der Waals surface area (Å²) in [5, 5.41) is 13.2. The molecule has 0 spiro atoms. The van der Waals surface area contributed by atoms with Crippen molar-refractivity contribution in [1.29, 1.82) is 0 Å². The Kier molecular flexibility index (Phi) is 8.08. The van der Waals surface area contributed by atoms with Gasteiger partial charge in [-0.3, -0.25) is 0 Å². The number of aliphatic hydroxyl groups is 1. The number of unbranched alkanes of at least 4 members (excludes halogenated alkanes) is 3. The average molecular weight is 285 g/mol. The van der Waals surface area contributed by atoms with E-state index in [0.29, 0.717) is 12.1 Å². The summed E-state index contributed by atoms with van der Waals surface area (Å²) in [4.78, 5) is 0. The Morgan fingerprint density at radius 2 is 1.90 bits per heavy atom. The molecule has 1 rings (SSSR count). The Hall–Kier alpha value is -0.120. The number of ether oxygens (including phenoxy) is 1. The maximum Gasteiger partial charge on any atom is 0.0611 e. The Morgan fingerprint density at radius 1 is 1.20 bits per heavy atom. The molecule has 3 atom stereocenters. The first kappa shape index (κ1) is 17.9. The third-order valence-electron chi connectivity index (χ3n) is 4.15. The first-order valence-corrected chi connectivity index (χ1v) is 8.53. The fraction of sp³-hybridized carbons (Fsp3) is 1.00. The lowest BCUT2D eigenvalue weighted by molar-refractivity contribution is -0.0205. The van der Waals surface area contributed by atoms with Gasteiger partial charge in [-0.05, 0) is 46.5 Å². The highest BCUT2D eigenvalue weighted by molar-refractivity contribution is 4.93. The molecule has 0 amide bonds. The monoisotopic (exact) mass is 285 g/mol. The number of nitrogens with one attached hydrogen (secondary N) is 1. The van der Waals surface area contributed by atoms with Crippen molar-refractivity contribution in [2.24, 2.45) is 0 Å². The van der Waals surface area contributed by atoms with Crippen LogP contribution >= 0.6 is 0 Å². The quantitative estimate of drug-likeness (QED) is 0.538. The third-order valence-corrected chi connectivity index (χ3v) is 4.15. The predicted molar refractivity (Wildman–Crippen MR) is 85.0 cm³/mol. The highest BCUT2D eigenvalue weighted by Crippen LogP contribution is 2.25. The van der Waals surface area contributed by atoms with Crippen LogP contribution in [0.2, 0.25) is 0 Å². The maximum atomic E-state index is 9.63. The Labute approximate surface area is 125 Å². The van der Waals surface area contributed by atoms with E-state index in [1.807, 2.05) is 0 Å². The van der Waals surface area contributed by atoms with Crippen molar-refractivity contribution in [2.75, 3.05) is 6.61 Å². The molecule has 0 heterocycles. The summed E-state index contributed by atoms with van der Waals surface area (Å²) in [5.74, 6) is 0.